The van der Waals surface area contributed by atoms with Crippen molar-refractivity contribution in [1.82, 2.24) is 14.7 Å². The number of hydrogen-bond acceptors (Lipinski definition) is 5. The first kappa shape index (κ1) is 24.0. The highest BCUT2D eigenvalue weighted by Crippen LogP contribution is 2.40. The Morgan fingerprint density at radius 2 is 1.91 bits per heavy atom. The van der Waals surface area contributed by atoms with Gasteiger partial charge >= 0.3 is 5.97 Å². The standard InChI is InChI=1S/C26H34N4O4/c1-26(2,3)34-22(31)12-11-21(24(27)32)30-15-18-13-17(9-10-19(18)25(30)33)20-14-28-29(4)23(20)16-7-5-6-8-16/h9-10,13-14,16,21H,5-8,11-12,15H2,1-4H3,(H2,27,32). The Kier molecular flexibility index (Phi) is 6.51. The maximum absolute atomic E-state index is 13.1. The van der Waals surface area contributed by atoms with Gasteiger partial charge in [0.1, 0.15) is 11.6 Å². The number of ether oxygens (including phenoxy) is 1. The van der Waals surface area contributed by atoms with Crippen LogP contribution < -0.4 is 5.73 Å². The number of aromatic nitrogens is 2. The fourth-order valence-corrected chi connectivity index (χ4v) is 5.21. The van der Waals surface area contributed by atoms with E-state index in [0.29, 0.717) is 11.5 Å². The molecule has 2 aliphatic rings. The zero-order chi connectivity index (χ0) is 24.6. The van der Waals surface area contributed by atoms with Crippen molar-refractivity contribution in [3.63, 3.8) is 0 Å². The number of hydrogen-bond donors (Lipinski definition) is 1. The number of primary amides is 1. The van der Waals surface area contributed by atoms with E-state index in [9.17, 15) is 14.4 Å². The lowest BCUT2D eigenvalue weighted by Crippen LogP contribution is -2.45. The van der Waals surface area contributed by atoms with Crippen molar-refractivity contribution in [3.8, 4) is 11.1 Å². The highest BCUT2D eigenvalue weighted by atomic mass is 16.6. The molecule has 1 aliphatic heterocycles. The summed E-state index contributed by atoms with van der Waals surface area (Å²) < 4.78 is 7.30. The van der Waals surface area contributed by atoms with Gasteiger partial charge in [0.15, 0.2) is 0 Å². The molecule has 1 aliphatic carbocycles. The summed E-state index contributed by atoms with van der Waals surface area (Å²) in [7, 11) is 1.98. The van der Waals surface area contributed by atoms with Crippen LogP contribution in [0, 0.1) is 0 Å². The minimum Gasteiger partial charge on any atom is -0.460 e. The van der Waals surface area contributed by atoms with Gasteiger partial charge in [-0.05, 0) is 63.3 Å². The van der Waals surface area contributed by atoms with E-state index in [1.165, 1.54) is 36.3 Å². The van der Waals surface area contributed by atoms with Crippen LogP contribution in [-0.4, -0.2) is 44.1 Å². The summed E-state index contributed by atoms with van der Waals surface area (Å²) in [5.74, 6) is -0.778. The number of nitrogens with zero attached hydrogens (tertiary/aromatic N) is 3. The predicted molar refractivity (Wildman–Crippen MR) is 128 cm³/mol. The van der Waals surface area contributed by atoms with Crippen LogP contribution in [0.15, 0.2) is 24.4 Å². The van der Waals surface area contributed by atoms with Gasteiger partial charge < -0.3 is 15.4 Å². The number of carbonyl (C=O) groups excluding carboxylic acids is 3. The molecular weight excluding hydrogens is 432 g/mol. The number of amides is 2. The quantitative estimate of drug-likeness (QED) is 0.627. The summed E-state index contributed by atoms with van der Waals surface area (Å²) in [4.78, 5) is 39.0. The summed E-state index contributed by atoms with van der Waals surface area (Å²) in [6.07, 6.45) is 6.85. The van der Waals surface area contributed by atoms with Crippen LogP contribution in [0.1, 0.15) is 86.8 Å². The van der Waals surface area contributed by atoms with Crippen LogP contribution in [0.25, 0.3) is 11.1 Å². The van der Waals surface area contributed by atoms with Gasteiger partial charge in [-0.25, -0.2) is 0 Å². The van der Waals surface area contributed by atoms with E-state index in [1.54, 1.807) is 20.8 Å². The summed E-state index contributed by atoms with van der Waals surface area (Å²) in [5.41, 5.74) is 9.81. The van der Waals surface area contributed by atoms with Gasteiger partial charge in [-0.2, -0.15) is 5.10 Å². The maximum Gasteiger partial charge on any atom is 0.306 e. The molecule has 8 heteroatoms. The average Bonchev–Trinajstić information content (AvgIpc) is 3.46. The lowest BCUT2D eigenvalue weighted by Gasteiger charge is -2.25. The molecule has 1 aromatic heterocycles. The topological polar surface area (TPSA) is 108 Å². The Labute approximate surface area is 200 Å². The molecule has 1 fully saturated rings. The number of carbonyl (C=O) groups is 3. The third-order valence-electron chi connectivity index (χ3n) is 6.72. The van der Waals surface area contributed by atoms with E-state index < -0.39 is 23.5 Å². The number of esters is 1. The molecule has 4 rings (SSSR count). The normalized spacial score (nSPS) is 17.2. The molecule has 0 bridgehead atoms. The Hall–Kier alpha value is -3.16. The fourth-order valence-electron chi connectivity index (χ4n) is 5.21. The minimum absolute atomic E-state index is 0.0106. The first-order valence-electron chi connectivity index (χ1n) is 12.0. The molecule has 2 amide bonds. The second-order valence-electron chi connectivity index (χ2n) is 10.4. The van der Waals surface area contributed by atoms with E-state index in [2.05, 4.69) is 5.10 Å². The minimum atomic E-state index is -0.872. The largest absolute Gasteiger partial charge is 0.460 e. The maximum atomic E-state index is 13.1. The third-order valence-corrected chi connectivity index (χ3v) is 6.72. The summed E-state index contributed by atoms with van der Waals surface area (Å²) in [6, 6.07) is 4.93. The van der Waals surface area contributed by atoms with Crippen LogP contribution in [0.2, 0.25) is 0 Å². The van der Waals surface area contributed by atoms with Crippen molar-refractivity contribution in [2.45, 2.75) is 83.4 Å². The van der Waals surface area contributed by atoms with Gasteiger partial charge in [0, 0.05) is 42.8 Å². The number of aryl methyl sites for hydroxylation is 1. The molecular formula is C26H34N4O4. The van der Waals surface area contributed by atoms with Crippen molar-refractivity contribution in [3.05, 3.63) is 41.2 Å². The summed E-state index contributed by atoms with van der Waals surface area (Å²) in [6.45, 7) is 5.64. The molecule has 8 nitrogen and oxygen atoms in total. The van der Waals surface area contributed by atoms with Crippen LogP contribution in [0.5, 0.6) is 0 Å². The number of rotatable bonds is 7. The Balaban J connectivity index is 1.54. The fraction of sp³-hybridized carbons (Fsp3) is 0.538. The molecule has 2 heterocycles. The van der Waals surface area contributed by atoms with Crippen LogP contribution in [0.3, 0.4) is 0 Å². The van der Waals surface area contributed by atoms with Gasteiger partial charge in [-0.1, -0.05) is 18.9 Å². The third kappa shape index (κ3) is 4.86. The SMILES string of the molecule is Cn1ncc(-c2ccc3c(c2)CN(C(CCC(=O)OC(C)(C)C)C(N)=O)C3=O)c1C1CCCC1. The number of benzene rings is 1. The second kappa shape index (κ2) is 9.24. The van der Waals surface area contributed by atoms with E-state index in [0.717, 1.165) is 16.7 Å². The monoisotopic (exact) mass is 466 g/mol. The Morgan fingerprint density at radius 3 is 2.56 bits per heavy atom. The smallest absolute Gasteiger partial charge is 0.306 e. The highest BCUT2D eigenvalue weighted by Gasteiger charge is 2.36. The van der Waals surface area contributed by atoms with E-state index in [-0.39, 0.29) is 25.3 Å². The molecule has 0 spiro atoms. The summed E-state index contributed by atoms with van der Waals surface area (Å²) >= 11 is 0. The first-order valence-corrected chi connectivity index (χ1v) is 12.0. The lowest BCUT2D eigenvalue weighted by atomic mass is 9.94. The predicted octanol–water partition coefficient (Wildman–Crippen LogP) is 3.68. The van der Waals surface area contributed by atoms with E-state index in [4.69, 9.17) is 10.5 Å². The van der Waals surface area contributed by atoms with Gasteiger partial charge in [0.25, 0.3) is 5.91 Å². The van der Waals surface area contributed by atoms with Crippen molar-refractivity contribution >= 4 is 17.8 Å². The van der Waals surface area contributed by atoms with Crippen molar-refractivity contribution in [2.75, 3.05) is 0 Å². The molecule has 1 atom stereocenters. The van der Waals surface area contributed by atoms with E-state index >= 15 is 0 Å². The van der Waals surface area contributed by atoms with Crippen molar-refractivity contribution < 1.29 is 19.1 Å². The number of fused-ring (bicyclic) bond motifs is 1. The molecule has 0 radical (unpaired) electrons. The molecule has 34 heavy (non-hydrogen) atoms. The zero-order valence-corrected chi connectivity index (χ0v) is 20.5. The van der Waals surface area contributed by atoms with Gasteiger partial charge in [-0.3, -0.25) is 19.1 Å². The average molecular weight is 467 g/mol. The molecule has 182 valence electrons. The van der Waals surface area contributed by atoms with Crippen molar-refractivity contribution in [2.24, 2.45) is 12.8 Å². The van der Waals surface area contributed by atoms with Crippen LogP contribution in [-0.2, 0) is 27.9 Å². The Morgan fingerprint density at radius 1 is 1.21 bits per heavy atom. The Bertz CT molecular complexity index is 1110. The molecule has 1 saturated carbocycles. The van der Waals surface area contributed by atoms with Gasteiger partial charge in [0.2, 0.25) is 5.91 Å². The van der Waals surface area contributed by atoms with E-state index in [1.807, 2.05) is 36.1 Å². The molecule has 2 N–H and O–H groups in total. The molecule has 1 unspecified atom stereocenters. The first-order chi connectivity index (χ1) is 16.0. The van der Waals surface area contributed by atoms with Gasteiger partial charge in [-0.15, -0.1) is 0 Å². The van der Waals surface area contributed by atoms with Crippen LogP contribution >= 0.6 is 0 Å². The van der Waals surface area contributed by atoms with Crippen molar-refractivity contribution in [1.29, 1.82) is 0 Å². The highest BCUT2D eigenvalue weighted by molar-refractivity contribution is 6.01. The van der Waals surface area contributed by atoms with Gasteiger partial charge in [0.05, 0.1) is 6.20 Å². The van der Waals surface area contributed by atoms with Crippen LogP contribution in [0.4, 0.5) is 0 Å². The summed E-state index contributed by atoms with van der Waals surface area (Å²) in [5, 5.41) is 4.51. The molecule has 1 aromatic carbocycles. The second-order valence-corrected chi connectivity index (χ2v) is 10.4. The molecule has 2 aromatic rings. The zero-order valence-electron chi connectivity index (χ0n) is 20.5. The number of nitrogens with two attached hydrogens (primary N) is 1. The lowest BCUT2D eigenvalue weighted by molar-refractivity contribution is -0.155. The molecule has 0 saturated heterocycles.